The van der Waals surface area contributed by atoms with E-state index in [1.54, 1.807) is 13.8 Å². The van der Waals surface area contributed by atoms with Crippen LogP contribution in [-0.2, 0) is 33.4 Å². The SMILES string of the molecule is C=C(C)C(=O)OC.C=C(C)C(=O)OCCCC.C=C(CC=C(C)C(=O)O)C(=O)OCCN(CC)CC. The first-order valence-corrected chi connectivity index (χ1v) is 11.8. The van der Waals surface area contributed by atoms with Crippen molar-refractivity contribution >= 4 is 23.9 Å². The van der Waals surface area contributed by atoms with E-state index in [4.69, 9.17) is 14.6 Å². The highest BCUT2D eigenvalue weighted by atomic mass is 16.5. The zero-order chi connectivity index (χ0) is 28.7. The minimum Gasteiger partial charge on any atom is -0.478 e. The molecule has 0 saturated carbocycles. The number of carboxylic acid groups (broad SMARTS) is 1. The second kappa shape index (κ2) is 23.5. The molecule has 0 atom stereocenters. The molecular formula is C27H45NO8. The highest BCUT2D eigenvalue weighted by Crippen LogP contribution is 2.06. The number of methoxy groups -OCH3 is 1. The van der Waals surface area contributed by atoms with Gasteiger partial charge in [0.15, 0.2) is 0 Å². The lowest BCUT2D eigenvalue weighted by Crippen LogP contribution is -2.28. The molecular weight excluding hydrogens is 466 g/mol. The van der Waals surface area contributed by atoms with E-state index in [1.165, 1.54) is 20.1 Å². The smallest absolute Gasteiger partial charge is 0.333 e. The van der Waals surface area contributed by atoms with Crippen LogP contribution in [0.3, 0.4) is 0 Å². The molecule has 0 aliphatic carbocycles. The van der Waals surface area contributed by atoms with Crippen molar-refractivity contribution in [2.45, 2.75) is 60.8 Å². The molecule has 9 nitrogen and oxygen atoms in total. The summed E-state index contributed by atoms with van der Waals surface area (Å²) < 4.78 is 14.2. The number of carboxylic acids is 1. The molecule has 206 valence electrons. The number of esters is 3. The lowest BCUT2D eigenvalue weighted by atomic mass is 10.1. The van der Waals surface area contributed by atoms with Gasteiger partial charge in [0, 0.05) is 28.8 Å². The summed E-state index contributed by atoms with van der Waals surface area (Å²) in [5, 5.41) is 8.67. The quantitative estimate of drug-likeness (QED) is 0.156. The average molecular weight is 512 g/mol. The van der Waals surface area contributed by atoms with Crippen LogP contribution in [0.15, 0.2) is 48.1 Å². The van der Waals surface area contributed by atoms with Crippen LogP contribution in [0.5, 0.6) is 0 Å². The van der Waals surface area contributed by atoms with Crippen molar-refractivity contribution in [3.63, 3.8) is 0 Å². The number of ether oxygens (including phenoxy) is 3. The van der Waals surface area contributed by atoms with E-state index in [0.717, 1.165) is 25.9 Å². The van der Waals surface area contributed by atoms with E-state index >= 15 is 0 Å². The van der Waals surface area contributed by atoms with Gasteiger partial charge >= 0.3 is 23.9 Å². The van der Waals surface area contributed by atoms with Crippen LogP contribution in [0.2, 0.25) is 0 Å². The van der Waals surface area contributed by atoms with E-state index < -0.39 is 11.9 Å². The number of nitrogens with zero attached hydrogens (tertiary/aromatic N) is 1. The minimum atomic E-state index is -0.997. The molecule has 0 rings (SSSR count). The number of unbranched alkanes of at least 4 members (excludes halogenated alkanes) is 1. The summed E-state index contributed by atoms with van der Waals surface area (Å²) in [6.45, 7) is 24.6. The summed E-state index contributed by atoms with van der Waals surface area (Å²) in [6, 6.07) is 0. The molecule has 0 aromatic carbocycles. The highest BCUT2D eigenvalue weighted by molar-refractivity contribution is 5.89. The number of carbonyl (C=O) groups excluding carboxylic acids is 3. The van der Waals surface area contributed by atoms with Gasteiger partial charge in [-0.25, -0.2) is 19.2 Å². The van der Waals surface area contributed by atoms with Gasteiger partial charge in [0.2, 0.25) is 0 Å². The molecule has 0 spiro atoms. The van der Waals surface area contributed by atoms with Crippen LogP contribution in [0, 0.1) is 0 Å². The molecule has 0 unspecified atom stereocenters. The Kier molecular flexibility index (Phi) is 24.4. The molecule has 9 heteroatoms. The van der Waals surface area contributed by atoms with E-state index in [-0.39, 0.29) is 29.5 Å². The van der Waals surface area contributed by atoms with Crippen LogP contribution in [0.4, 0.5) is 0 Å². The Hall–Kier alpha value is -3.20. The lowest BCUT2D eigenvalue weighted by molar-refractivity contribution is -0.140. The maximum atomic E-state index is 11.6. The Morgan fingerprint density at radius 1 is 0.833 bits per heavy atom. The van der Waals surface area contributed by atoms with Gasteiger partial charge in [0.1, 0.15) is 6.61 Å². The van der Waals surface area contributed by atoms with Crippen molar-refractivity contribution in [3.05, 3.63) is 48.1 Å². The molecule has 0 heterocycles. The first kappa shape index (κ1) is 37.4. The fourth-order valence-electron chi connectivity index (χ4n) is 1.96. The minimum absolute atomic E-state index is 0.192. The Morgan fingerprint density at radius 2 is 1.33 bits per heavy atom. The molecule has 0 aromatic rings. The standard InChI is InChI=1S/C14H23NO4.C8H14O2.C5H8O2/c1-5-15(6-2)9-10-19-14(18)12(4)8-7-11(3)13(16)17;1-4-5-6-10-8(9)7(2)3;1-4(2)5(6)7-3/h7H,4-6,8-10H2,1-3H3,(H,16,17);2,4-6H2,1,3H3;1H2,2-3H3. The van der Waals surface area contributed by atoms with E-state index in [2.05, 4.69) is 36.3 Å². The number of hydrogen-bond donors (Lipinski definition) is 1. The van der Waals surface area contributed by atoms with Gasteiger partial charge in [-0.05, 0) is 46.7 Å². The Morgan fingerprint density at radius 3 is 1.69 bits per heavy atom. The summed E-state index contributed by atoms with van der Waals surface area (Å²) in [7, 11) is 1.33. The summed E-state index contributed by atoms with van der Waals surface area (Å²) >= 11 is 0. The summed E-state index contributed by atoms with van der Waals surface area (Å²) in [5.41, 5.74) is 1.36. The summed E-state index contributed by atoms with van der Waals surface area (Å²) in [5.74, 6) is -2.10. The van der Waals surface area contributed by atoms with Crippen molar-refractivity contribution in [1.29, 1.82) is 0 Å². The highest BCUT2D eigenvalue weighted by Gasteiger charge is 2.09. The fraction of sp³-hybridized carbons (Fsp3) is 0.556. The number of rotatable bonds is 14. The zero-order valence-electron chi connectivity index (χ0n) is 23.1. The van der Waals surface area contributed by atoms with Crippen LogP contribution in [0.25, 0.3) is 0 Å². The predicted molar refractivity (Wildman–Crippen MR) is 141 cm³/mol. The largest absolute Gasteiger partial charge is 0.478 e. The lowest BCUT2D eigenvalue weighted by Gasteiger charge is -2.17. The van der Waals surface area contributed by atoms with Gasteiger partial charge in [-0.1, -0.05) is 53.0 Å². The third-order valence-corrected chi connectivity index (χ3v) is 4.43. The second-order valence-electron chi connectivity index (χ2n) is 7.70. The molecule has 0 aromatic heterocycles. The number of aliphatic carboxylic acids is 1. The third kappa shape index (κ3) is 22.6. The number of likely N-dealkylation sites (N-methyl/N-ethyl adjacent to an activating group) is 1. The molecule has 0 radical (unpaired) electrons. The average Bonchev–Trinajstić information content (AvgIpc) is 2.84. The molecule has 0 aliphatic heterocycles. The zero-order valence-corrected chi connectivity index (χ0v) is 23.1. The number of carbonyl (C=O) groups is 4. The van der Waals surface area contributed by atoms with Crippen LogP contribution >= 0.6 is 0 Å². The molecule has 1 N–H and O–H groups in total. The van der Waals surface area contributed by atoms with Crippen molar-refractivity contribution < 1.29 is 38.5 Å². The maximum absolute atomic E-state index is 11.6. The first-order valence-electron chi connectivity index (χ1n) is 11.8. The Labute approximate surface area is 216 Å². The molecule has 36 heavy (non-hydrogen) atoms. The van der Waals surface area contributed by atoms with E-state index in [9.17, 15) is 19.2 Å². The number of hydrogen-bond acceptors (Lipinski definition) is 8. The molecule has 0 amide bonds. The summed E-state index contributed by atoms with van der Waals surface area (Å²) in [6.07, 6.45) is 3.63. The van der Waals surface area contributed by atoms with Crippen LogP contribution in [-0.4, -0.2) is 73.8 Å². The monoisotopic (exact) mass is 511 g/mol. The molecule has 0 saturated heterocycles. The van der Waals surface area contributed by atoms with Gasteiger partial charge in [-0.15, -0.1) is 0 Å². The van der Waals surface area contributed by atoms with Gasteiger partial charge in [-0.2, -0.15) is 0 Å². The van der Waals surface area contributed by atoms with Crippen molar-refractivity contribution in [2.75, 3.05) is 40.0 Å². The fourth-order valence-corrected chi connectivity index (χ4v) is 1.96. The van der Waals surface area contributed by atoms with Crippen molar-refractivity contribution in [1.82, 2.24) is 4.90 Å². The van der Waals surface area contributed by atoms with E-state index in [1.807, 2.05) is 13.8 Å². The number of allylic oxidation sites excluding steroid dienone is 1. The van der Waals surface area contributed by atoms with Gasteiger partial charge in [-0.3, -0.25) is 0 Å². The molecule has 0 aliphatic rings. The van der Waals surface area contributed by atoms with Crippen LogP contribution in [0.1, 0.15) is 60.8 Å². The normalized spacial score (nSPS) is 10.1. The van der Waals surface area contributed by atoms with Gasteiger partial charge in [0.25, 0.3) is 0 Å². The van der Waals surface area contributed by atoms with Crippen LogP contribution < -0.4 is 0 Å². The topological polar surface area (TPSA) is 119 Å². The molecule has 0 bridgehead atoms. The predicted octanol–water partition coefficient (Wildman–Crippen LogP) is 4.49. The van der Waals surface area contributed by atoms with Crippen molar-refractivity contribution in [3.8, 4) is 0 Å². The summed E-state index contributed by atoms with van der Waals surface area (Å²) in [4.78, 5) is 45.2. The van der Waals surface area contributed by atoms with E-state index in [0.29, 0.717) is 30.9 Å². The maximum Gasteiger partial charge on any atom is 0.333 e. The third-order valence-electron chi connectivity index (χ3n) is 4.43. The second-order valence-corrected chi connectivity index (χ2v) is 7.70. The van der Waals surface area contributed by atoms with Gasteiger partial charge < -0.3 is 24.2 Å². The first-order chi connectivity index (χ1) is 16.8. The Bertz CT molecular complexity index is 764. The molecule has 0 fully saturated rings. The Balaban J connectivity index is -0.000000532. The van der Waals surface area contributed by atoms with Gasteiger partial charge in [0.05, 0.1) is 13.7 Å². The van der Waals surface area contributed by atoms with Crippen molar-refractivity contribution in [2.24, 2.45) is 0 Å².